The van der Waals surface area contributed by atoms with Crippen LogP contribution in [-0.4, -0.2) is 23.9 Å². The maximum atomic E-state index is 11.9. The van der Waals surface area contributed by atoms with Crippen LogP contribution in [0.1, 0.15) is 25.8 Å². The van der Waals surface area contributed by atoms with Gasteiger partial charge in [0.1, 0.15) is 11.5 Å². The average Bonchev–Trinajstić information content (AvgIpc) is 2.36. The van der Waals surface area contributed by atoms with Gasteiger partial charge in [-0.15, -0.1) is 0 Å². The lowest BCUT2D eigenvalue weighted by Crippen LogP contribution is -2.09. The van der Waals surface area contributed by atoms with Crippen LogP contribution in [0.3, 0.4) is 0 Å². The molecule has 1 atom stereocenters. The lowest BCUT2D eigenvalue weighted by molar-refractivity contribution is -0.116. The Labute approximate surface area is 122 Å². The monoisotopic (exact) mass is 330 g/mol. The Kier molecular flexibility index (Phi) is 6.79. The number of rotatable bonds is 7. The summed E-state index contributed by atoms with van der Waals surface area (Å²) in [6.07, 6.45) is 1.53. The predicted molar refractivity (Wildman–Crippen MR) is 81.6 cm³/mol. The highest BCUT2D eigenvalue weighted by Gasteiger charge is 2.11. The van der Waals surface area contributed by atoms with Crippen molar-refractivity contribution >= 4 is 33.5 Å². The summed E-state index contributed by atoms with van der Waals surface area (Å²) in [5.74, 6) is 1.60. The highest BCUT2D eigenvalue weighted by atomic mass is 79.9. The van der Waals surface area contributed by atoms with E-state index in [-0.39, 0.29) is 5.78 Å². The summed E-state index contributed by atoms with van der Waals surface area (Å²) in [5.41, 5.74) is 0.946. The zero-order valence-corrected chi connectivity index (χ0v) is 13.4. The van der Waals surface area contributed by atoms with E-state index in [4.69, 9.17) is 4.74 Å². The van der Waals surface area contributed by atoms with Crippen LogP contribution in [0.2, 0.25) is 0 Å². The molecule has 0 heterocycles. The zero-order chi connectivity index (χ0) is 13.5. The molecule has 0 bridgehead atoms. The molecule has 1 aromatic carbocycles. The number of hydrogen-bond donors (Lipinski definition) is 0. The molecule has 1 unspecified atom stereocenters. The molecule has 1 rings (SSSR count). The number of ether oxygens (including phenoxy) is 1. The minimum absolute atomic E-state index is 0.247. The molecule has 18 heavy (non-hydrogen) atoms. The molecular formula is C14H19BrO2S. The minimum Gasteiger partial charge on any atom is -0.496 e. The van der Waals surface area contributed by atoms with Gasteiger partial charge < -0.3 is 4.74 Å². The largest absolute Gasteiger partial charge is 0.496 e. The number of thioether (sulfide) groups is 1. The fraction of sp³-hybridized carbons (Fsp3) is 0.500. The van der Waals surface area contributed by atoms with Crippen LogP contribution in [-0.2, 0) is 11.2 Å². The Morgan fingerprint density at radius 1 is 1.50 bits per heavy atom. The molecule has 1 aromatic rings. The van der Waals surface area contributed by atoms with Crippen LogP contribution in [0.15, 0.2) is 22.7 Å². The van der Waals surface area contributed by atoms with E-state index >= 15 is 0 Å². The topological polar surface area (TPSA) is 26.3 Å². The maximum absolute atomic E-state index is 11.9. The number of carbonyl (C=O) groups is 1. The molecule has 0 aliphatic heterocycles. The molecule has 0 saturated heterocycles. The highest BCUT2D eigenvalue weighted by Crippen LogP contribution is 2.24. The minimum atomic E-state index is 0.247. The summed E-state index contributed by atoms with van der Waals surface area (Å²) < 4.78 is 6.24. The SMILES string of the molecule is CCC(C)SCC(=O)Cc1cc(Br)ccc1OC. The third-order valence-electron chi connectivity index (χ3n) is 2.73. The first-order valence-electron chi connectivity index (χ1n) is 6.02. The van der Waals surface area contributed by atoms with Gasteiger partial charge >= 0.3 is 0 Å². The van der Waals surface area contributed by atoms with E-state index in [1.54, 1.807) is 18.9 Å². The third kappa shape index (κ3) is 5.02. The highest BCUT2D eigenvalue weighted by molar-refractivity contribution is 9.10. The van der Waals surface area contributed by atoms with Crippen molar-refractivity contribution in [2.75, 3.05) is 12.9 Å². The molecule has 100 valence electrons. The van der Waals surface area contributed by atoms with Gasteiger partial charge in [0.05, 0.1) is 12.9 Å². The second kappa shape index (κ2) is 7.85. The molecule has 0 N–H and O–H groups in total. The molecule has 0 fully saturated rings. The van der Waals surface area contributed by atoms with E-state index in [0.29, 0.717) is 17.4 Å². The van der Waals surface area contributed by atoms with E-state index in [1.165, 1.54) is 0 Å². The number of methoxy groups -OCH3 is 1. The number of halogens is 1. The van der Waals surface area contributed by atoms with E-state index in [0.717, 1.165) is 22.2 Å². The van der Waals surface area contributed by atoms with Crippen LogP contribution in [0.4, 0.5) is 0 Å². The van der Waals surface area contributed by atoms with Crippen LogP contribution >= 0.6 is 27.7 Å². The van der Waals surface area contributed by atoms with Crippen LogP contribution < -0.4 is 4.74 Å². The fourth-order valence-corrected chi connectivity index (χ4v) is 2.72. The van der Waals surface area contributed by atoms with Gasteiger partial charge in [-0.3, -0.25) is 4.79 Å². The molecule has 0 amide bonds. The third-order valence-corrected chi connectivity index (χ3v) is 4.62. The number of Topliss-reactive ketones (excluding diaryl/α,β-unsaturated/α-hetero) is 1. The van der Waals surface area contributed by atoms with Crippen LogP contribution in [0.5, 0.6) is 5.75 Å². The fourth-order valence-electron chi connectivity index (χ4n) is 1.50. The normalized spacial score (nSPS) is 12.2. The van der Waals surface area contributed by atoms with E-state index in [9.17, 15) is 4.79 Å². The first-order chi connectivity index (χ1) is 8.56. The Morgan fingerprint density at radius 3 is 2.83 bits per heavy atom. The number of ketones is 1. The second-order valence-corrected chi connectivity index (χ2v) is 6.54. The van der Waals surface area contributed by atoms with Crippen molar-refractivity contribution in [1.82, 2.24) is 0 Å². The van der Waals surface area contributed by atoms with E-state index in [2.05, 4.69) is 29.8 Å². The molecule has 4 heteroatoms. The van der Waals surface area contributed by atoms with Crippen molar-refractivity contribution in [3.63, 3.8) is 0 Å². The molecule has 0 aromatic heterocycles. The Morgan fingerprint density at radius 2 is 2.22 bits per heavy atom. The van der Waals surface area contributed by atoms with E-state index < -0.39 is 0 Å². The molecule has 0 aliphatic rings. The van der Waals surface area contributed by atoms with Crippen molar-refractivity contribution < 1.29 is 9.53 Å². The van der Waals surface area contributed by atoms with Gasteiger partial charge in [0.25, 0.3) is 0 Å². The Hall–Kier alpha value is -0.480. The average molecular weight is 331 g/mol. The van der Waals surface area contributed by atoms with Crippen molar-refractivity contribution in [2.45, 2.75) is 31.9 Å². The lowest BCUT2D eigenvalue weighted by atomic mass is 10.1. The maximum Gasteiger partial charge on any atom is 0.147 e. The standard InChI is InChI=1S/C14H19BrO2S/c1-4-10(2)18-9-13(16)8-11-7-12(15)5-6-14(11)17-3/h5-7,10H,4,8-9H2,1-3H3. The first kappa shape index (κ1) is 15.6. The molecule has 2 nitrogen and oxygen atoms in total. The van der Waals surface area contributed by atoms with Gasteiger partial charge in [0, 0.05) is 21.7 Å². The molecule has 0 aliphatic carbocycles. The van der Waals surface area contributed by atoms with Crippen molar-refractivity contribution in [3.05, 3.63) is 28.2 Å². The molecule has 0 spiro atoms. The molecule has 0 radical (unpaired) electrons. The second-order valence-electron chi connectivity index (χ2n) is 4.20. The van der Waals surface area contributed by atoms with E-state index in [1.807, 2.05) is 18.2 Å². The number of benzene rings is 1. The summed E-state index contributed by atoms with van der Waals surface area (Å²) in [6, 6.07) is 5.75. The van der Waals surface area contributed by atoms with Gasteiger partial charge in [-0.25, -0.2) is 0 Å². The van der Waals surface area contributed by atoms with Crippen molar-refractivity contribution in [3.8, 4) is 5.75 Å². The van der Waals surface area contributed by atoms with Crippen molar-refractivity contribution in [1.29, 1.82) is 0 Å². The summed E-state index contributed by atoms with van der Waals surface area (Å²) in [4.78, 5) is 11.9. The van der Waals surface area contributed by atoms with Crippen molar-refractivity contribution in [2.24, 2.45) is 0 Å². The Bertz CT molecular complexity index is 407. The Balaban J connectivity index is 2.61. The zero-order valence-electron chi connectivity index (χ0n) is 11.0. The van der Waals surface area contributed by atoms with Gasteiger partial charge in [-0.05, 0) is 24.6 Å². The first-order valence-corrected chi connectivity index (χ1v) is 7.86. The molecular weight excluding hydrogens is 312 g/mol. The number of hydrogen-bond acceptors (Lipinski definition) is 3. The molecule has 0 saturated carbocycles. The summed E-state index contributed by atoms with van der Waals surface area (Å²) in [7, 11) is 1.63. The summed E-state index contributed by atoms with van der Waals surface area (Å²) in [5, 5.41) is 0.540. The summed E-state index contributed by atoms with van der Waals surface area (Å²) >= 11 is 5.14. The van der Waals surface area contributed by atoms with Gasteiger partial charge in [0.2, 0.25) is 0 Å². The van der Waals surface area contributed by atoms with Crippen LogP contribution in [0.25, 0.3) is 0 Å². The smallest absolute Gasteiger partial charge is 0.147 e. The van der Waals surface area contributed by atoms with Gasteiger partial charge in [0.15, 0.2) is 0 Å². The number of carbonyl (C=O) groups excluding carboxylic acids is 1. The van der Waals surface area contributed by atoms with Crippen LogP contribution in [0, 0.1) is 0 Å². The van der Waals surface area contributed by atoms with Gasteiger partial charge in [-0.2, -0.15) is 11.8 Å². The predicted octanol–water partition coefficient (Wildman–Crippen LogP) is 4.10. The quantitative estimate of drug-likeness (QED) is 0.752. The lowest BCUT2D eigenvalue weighted by Gasteiger charge is -2.10. The van der Waals surface area contributed by atoms with Gasteiger partial charge in [-0.1, -0.05) is 29.8 Å². The summed E-state index contributed by atoms with van der Waals surface area (Å²) in [6.45, 7) is 4.29.